The average molecular weight is 429 g/mol. The highest BCUT2D eigenvalue weighted by atomic mass is 35.5. The van der Waals surface area contributed by atoms with E-state index in [-0.39, 0.29) is 22.0 Å². The average Bonchev–Trinajstić information content (AvgIpc) is 2.90. The van der Waals surface area contributed by atoms with Gasteiger partial charge in [0.25, 0.3) is 10.0 Å². The van der Waals surface area contributed by atoms with E-state index in [1.807, 2.05) is 0 Å². The Morgan fingerprint density at radius 3 is 2.30 bits per heavy atom. The first-order valence-electron chi connectivity index (χ1n) is 7.83. The van der Waals surface area contributed by atoms with Gasteiger partial charge in [-0.3, -0.25) is 4.72 Å². The Balaban J connectivity index is 2.08. The Bertz CT molecular complexity index is 1220. The highest BCUT2D eigenvalue weighted by Crippen LogP contribution is 2.26. The first kappa shape index (κ1) is 19.5. The van der Waals surface area contributed by atoms with Crippen LogP contribution in [0.1, 0.15) is 13.8 Å². The minimum Gasteiger partial charge on any atom is -0.368 e. The lowest BCUT2D eigenvalue weighted by atomic mass is 10.3. The van der Waals surface area contributed by atoms with Crippen LogP contribution < -0.4 is 10.5 Å². The van der Waals surface area contributed by atoms with Gasteiger partial charge in [0.1, 0.15) is 0 Å². The largest absolute Gasteiger partial charge is 0.368 e. The van der Waals surface area contributed by atoms with E-state index in [0.29, 0.717) is 10.5 Å². The Morgan fingerprint density at radius 1 is 1.07 bits per heavy atom. The maximum absolute atomic E-state index is 12.6. The second kappa shape index (κ2) is 6.70. The van der Waals surface area contributed by atoms with Gasteiger partial charge in [0.05, 0.1) is 26.9 Å². The molecule has 3 N–H and O–H groups in total. The molecule has 0 saturated heterocycles. The lowest BCUT2D eigenvalue weighted by Gasteiger charge is -2.12. The number of hydrogen-bond acceptors (Lipinski definition) is 6. The first-order chi connectivity index (χ1) is 12.5. The summed E-state index contributed by atoms with van der Waals surface area (Å²) in [4.78, 5) is 4.06. The number of rotatable bonds is 5. The van der Waals surface area contributed by atoms with Crippen LogP contribution in [0, 0.1) is 0 Å². The molecular formula is C16H17ClN4O4S2. The van der Waals surface area contributed by atoms with Gasteiger partial charge in [-0.15, -0.1) is 0 Å². The van der Waals surface area contributed by atoms with Crippen molar-refractivity contribution in [2.45, 2.75) is 24.0 Å². The molecule has 0 spiro atoms. The molecule has 11 heteroatoms. The molecule has 0 radical (unpaired) electrons. The van der Waals surface area contributed by atoms with E-state index in [2.05, 4.69) is 9.71 Å². The van der Waals surface area contributed by atoms with Gasteiger partial charge in [-0.05, 0) is 56.3 Å². The molecule has 8 nitrogen and oxygen atoms in total. The number of nitrogens with two attached hydrogens (primary N) is 1. The van der Waals surface area contributed by atoms with E-state index in [1.165, 1.54) is 56.3 Å². The number of sulfonamides is 1. The summed E-state index contributed by atoms with van der Waals surface area (Å²) in [5.41, 5.74) is 6.49. The quantitative estimate of drug-likeness (QED) is 0.643. The Morgan fingerprint density at radius 2 is 1.70 bits per heavy atom. The van der Waals surface area contributed by atoms with Crippen molar-refractivity contribution in [1.82, 2.24) is 8.96 Å². The van der Waals surface area contributed by atoms with E-state index in [4.69, 9.17) is 17.3 Å². The molecule has 3 aromatic rings. The van der Waals surface area contributed by atoms with Gasteiger partial charge in [0, 0.05) is 5.02 Å². The van der Waals surface area contributed by atoms with Crippen LogP contribution in [-0.2, 0) is 20.0 Å². The van der Waals surface area contributed by atoms with Crippen LogP contribution in [0.15, 0.2) is 47.4 Å². The smallest absolute Gasteiger partial charge is 0.261 e. The van der Waals surface area contributed by atoms with E-state index in [0.717, 1.165) is 3.97 Å². The predicted octanol–water partition coefficient (Wildman–Crippen LogP) is 2.66. The fourth-order valence-electron chi connectivity index (χ4n) is 2.44. The Kier molecular flexibility index (Phi) is 4.83. The van der Waals surface area contributed by atoms with Crippen LogP contribution in [0.4, 0.5) is 11.6 Å². The van der Waals surface area contributed by atoms with Crippen molar-refractivity contribution in [2.75, 3.05) is 10.5 Å². The van der Waals surface area contributed by atoms with Gasteiger partial charge in [-0.2, -0.15) is 0 Å². The molecule has 0 atom stereocenters. The molecule has 0 amide bonds. The lowest BCUT2D eigenvalue weighted by molar-refractivity contribution is 0.580. The van der Waals surface area contributed by atoms with Gasteiger partial charge >= 0.3 is 0 Å². The van der Waals surface area contributed by atoms with Gasteiger partial charge in [0.2, 0.25) is 16.0 Å². The van der Waals surface area contributed by atoms with Crippen molar-refractivity contribution in [3.63, 3.8) is 0 Å². The van der Waals surface area contributed by atoms with Crippen LogP contribution in [0.3, 0.4) is 0 Å². The molecule has 3 rings (SSSR count). The third-order valence-corrected chi connectivity index (χ3v) is 7.60. The monoisotopic (exact) mass is 428 g/mol. The zero-order chi connectivity index (χ0) is 20.0. The van der Waals surface area contributed by atoms with Gasteiger partial charge in [-0.25, -0.2) is 25.8 Å². The normalized spacial score (nSPS) is 12.6. The SMILES string of the molecule is CC(C)S(=O)(=O)n1c(N)nc2ccc(NS(=O)(=O)c3ccc(Cl)cc3)cc21. The molecule has 0 saturated carbocycles. The van der Waals surface area contributed by atoms with Crippen LogP contribution in [-0.4, -0.2) is 31.0 Å². The highest BCUT2D eigenvalue weighted by Gasteiger charge is 2.25. The van der Waals surface area contributed by atoms with Crippen molar-refractivity contribution >= 4 is 54.3 Å². The number of benzene rings is 2. The third-order valence-electron chi connectivity index (χ3n) is 3.86. The number of hydrogen-bond donors (Lipinski definition) is 2. The summed E-state index contributed by atoms with van der Waals surface area (Å²) < 4.78 is 53.5. The molecule has 2 aromatic carbocycles. The summed E-state index contributed by atoms with van der Waals surface area (Å²) in [5.74, 6) is -0.184. The Hall–Kier alpha value is -2.30. The maximum Gasteiger partial charge on any atom is 0.261 e. The van der Waals surface area contributed by atoms with Crippen molar-refractivity contribution in [3.8, 4) is 0 Å². The fraction of sp³-hybridized carbons (Fsp3) is 0.188. The summed E-state index contributed by atoms with van der Waals surface area (Å²) in [6, 6.07) is 10.0. The first-order valence-corrected chi connectivity index (χ1v) is 11.2. The summed E-state index contributed by atoms with van der Waals surface area (Å²) in [6.07, 6.45) is 0. The van der Waals surface area contributed by atoms with E-state index in [1.54, 1.807) is 0 Å². The predicted molar refractivity (Wildman–Crippen MR) is 106 cm³/mol. The van der Waals surface area contributed by atoms with Crippen LogP contribution in [0.25, 0.3) is 11.0 Å². The Labute approximate surface area is 162 Å². The number of aromatic nitrogens is 2. The van der Waals surface area contributed by atoms with Crippen molar-refractivity contribution in [3.05, 3.63) is 47.5 Å². The number of imidazole rings is 1. The molecule has 0 aliphatic heterocycles. The van der Waals surface area contributed by atoms with Crippen molar-refractivity contribution < 1.29 is 16.8 Å². The number of anilines is 2. The van der Waals surface area contributed by atoms with Crippen LogP contribution >= 0.6 is 11.6 Å². The number of nitrogen functional groups attached to an aromatic ring is 1. The molecule has 0 bridgehead atoms. The summed E-state index contributed by atoms with van der Waals surface area (Å²) in [6.45, 7) is 3.04. The molecular weight excluding hydrogens is 412 g/mol. The number of fused-ring (bicyclic) bond motifs is 1. The minimum atomic E-state index is -3.88. The highest BCUT2D eigenvalue weighted by molar-refractivity contribution is 7.92. The minimum absolute atomic E-state index is 0.0230. The van der Waals surface area contributed by atoms with E-state index in [9.17, 15) is 16.8 Å². The van der Waals surface area contributed by atoms with E-state index < -0.39 is 25.3 Å². The van der Waals surface area contributed by atoms with Crippen molar-refractivity contribution in [1.29, 1.82) is 0 Å². The fourth-order valence-corrected chi connectivity index (χ4v) is 4.76. The molecule has 0 unspecified atom stereocenters. The standard InChI is InChI=1S/C16H17ClN4O4S2/c1-10(2)27(24,25)21-15-9-12(5-8-14(15)19-16(21)18)20-26(22,23)13-6-3-11(17)4-7-13/h3-10,20H,1-2H3,(H2,18,19). The summed E-state index contributed by atoms with van der Waals surface area (Å²) in [7, 11) is -7.65. The zero-order valence-electron chi connectivity index (χ0n) is 14.4. The topological polar surface area (TPSA) is 124 Å². The number of nitrogens with zero attached hydrogens (tertiary/aromatic N) is 2. The second-order valence-corrected chi connectivity index (χ2v) is 10.5. The van der Waals surface area contributed by atoms with Crippen LogP contribution in [0.5, 0.6) is 0 Å². The molecule has 27 heavy (non-hydrogen) atoms. The number of halogens is 1. The van der Waals surface area contributed by atoms with Gasteiger partial charge in [0.15, 0.2) is 0 Å². The van der Waals surface area contributed by atoms with Crippen molar-refractivity contribution in [2.24, 2.45) is 0 Å². The third kappa shape index (κ3) is 3.60. The summed E-state index contributed by atoms with van der Waals surface area (Å²) in [5, 5.41) is -0.319. The second-order valence-electron chi connectivity index (χ2n) is 6.09. The van der Waals surface area contributed by atoms with E-state index >= 15 is 0 Å². The van der Waals surface area contributed by atoms with Crippen LogP contribution in [0.2, 0.25) is 5.02 Å². The molecule has 0 fully saturated rings. The van der Waals surface area contributed by atoms with Gasteiger partial charge < -0.3 is 5.73 Å². The van der Waals surface area contributed by atoms with Gasteiger partial charge in [-0.1, -0.05) is 11.6 Å². The lowest BCUT2D eigenvalue weighted by Crippen LogP contribution is -2.23. The molecule has 144 valence electrons. The summed E-state index contributed by atoms with van der Waals surface area (Å²) >= 11 is 5.78. The molecule has 0 aliphatic carbocycles. The number of nitrogens with one attached hydrogen (secondary N) is 1. The zero-order valence-corrected chi connectivity index (χ0v) is 16.8. The molecule has 1 heterocycles. The maximum atomic E-state index is 12.6. The molecule has 1 aromatic heterocycles. The molecule has 0 aliphatic rings.